The molecule has 1 N–H and O–H groups in total. The van der Waals surface area contributed by atoms with Gasteiger partial charge in [0.05, 0.1) is 19.6 Å². The zero-order valence-electron chi connectivity index (χ0n) is 15.3. The monoisotopic (exact) mass is 325 g/mol. The molecule has 3 nitrogen and oxygen atoms in total. The van der Waals surface area contributed by atoms with Crippen molar-refractivity contribution in [1.29, 1.82) is 0 Å². The Labute approximate surface area is 145 Å². The van der Waals surface area contributed by atoms with Crippen molar-refractivity contribution in [3.63, 3.8) is 0 Å². The van der Waals surface area contributed by atoms with E-state index in [0.29, 0.717) is 6.42 Å². The lowest BCUT2D eigenvalue weighted by molar-refractivity contribution is -0.121. The van der Waals surface area contributed by atoms with Gasteiger partial charge in [-0.1, -0.05) is 42.8 Å². The van der Waals surface area contributed by atoms with Crippen LogP contribution in [0.4, 0.5) is 0 Å². The van der Waals surface area contributed by atoms with Gasteiger partial charge in [-0.15, -0.1) is 0 Å². The quantitative estimate of drug-likeness (QED) is 0.853. The Morgan fingerprint density at radius 1 is 1.08 bits per heavy atom. The first-order chi connectivity index (χ1) is 11.4. The molecule has 2 aromatic rings. The summed E-state index contributed by atoms with van der Waals surface area (Å²) < 4.78 is 5.27. The summed E-state index contributed by atoms with van der Waals surface area (Å²) in [5.74, 6) is 0.896. The predicted octanol–water partition coefficient (Wildman–Crippen LogP) is 4.43. The van der Waals surface area contributed by atoms with E-state index < -0.39 is 0 Å². The fourth-order valence-electron chi connectivity index (χ4n) is 3.10. The maximum absolute atomic E-state index is 12.5. The van der Waals surface area contributed by atoms with Crippen molar-refractivity contribution in [3.05, 3.63) is 64.2 Å². The average molecular weight is 325 g/mol. The number of hydrogen-bond donors (Lipinski definition) is 1. The number of aryl methyl sites for hydroxylation is 3. The fraction of sp³-hybridized carbons (Fsp3) is 0.381. The van der Waals surface area contributed by atoms with Gasteiger partial charge in [0.2, 0.25) is 5.91 Å². The number of carbonyl (C=O) groups excluding carboxylic acids is 1. The summed E-state index contributed by atoms with van der Waals surface area (Å²) in [7, 11) is 1.66. The highest BCUT2D eigenvalue weighted by Gasteiger charge is 2.15. The van der Waals surface area contributed by atoms with Gasteiger partial charge in [-0.3, -0.25) is 4.79 Å². The Bertz CT molecular complexity index is 722. The smallest absolute Gasteiger partial charge is 0.224 e. The second-order valence-corrected chi connectivity index (χ2v) is 6.37. The number of benzene rings is 2. The van der Waals surface area contributed by atoms with Gasteiger partial charge in [-0.25, -0.2) is 0 Å². The molecule has 0 fully saturated rings. The molecule has 3 heteroatoms. The van der Waals surface area contributed by atoms with Gasteiger partial charge in [-0.2, -0.15) is 0 Å². The second kappa shape index (κ2) is 8.00. The van der Waals surface area contributed by atoms with Crippen LogP contribution in [0.25, 0.3) is 0 Å². The molecule has 0 unspecified atom stereocenters. The molecule has 0 bridgehead atoms. The van der Waals surface area contributed by atoms with E-state index in [4.69, 9.17) is 4.74 Å². The number of methoxy groups -OCH3 is 1. The fourth-order valence-corrected chi connectivity index (χ4v) is 3.10. The Balaban J connectivity index is 2.08. The first-order valence-corrected chi connectivity index (χ1v) is 8.44. The lowest BCUT2D eigenvalue weighted by atomic mass is 9.97. The van der Waals surface area contributed by atoms with E-state index in [1.54, 1.807) is 7.11 Å². The van der Waals surface area contributed by atoms with Gasteiger partial charge < -0.3 is 10.1 Å². The van der Waals surface area contributed by atoms with Gasteiger partial charge in [0.25, 0.3) is 0 Å². The van der Waals surface area contributed by atoms with Crippen molar-refractivity contribution in [2.45, 2.75) is 46.6 Å². The van der Waals surface area contributed by atoms with Gasteiger partial charge in [0.15, 0.2) is 0 Å². The minimum absolute atomic E-state index is 0.0476. The molecule has 0 spiro atoms. The summed E-state index contributed by atoms with van der Waals surface area (Å²) in [4.78, 5) is 12.5. The Morgan fingerprint density at radius 2 is 1.83 bits per heavy atom. The van der Waals surface area contributed by atoms with Crippen LogP contribution in [0.2, 0.25) is 0 Å². The van der Waals surface area contributed by atoms with Crippen LogP contribution in [0, 0.1) is 20.8 Å². The maximum atomic E-state index is 12.5. The minimum atomic E-state index is 0.0476. The van der Waals surface area contributed by atoms with Gasteiger partial charge >= 0.3 is 0 Å². The summed E-state index contributed by atoms with van der Waals surface area (Å²) in [6.45, 7) is 8.28. The normalized spacial score (nSPS) is 11.9. The number of amides is 1. The van der Waals surface area contributed by atoms with Crippen molar-refractivity contribution in [1.82, 2.24) is 5.32 Å². The van der Waals surface area contributed by atoms with Crippen molar-refractivity contribution >= 4 is 5.91 Å². The summed E-state index contributed by atoms with van der Waals surface area (Å²) in [5, 5.41) is 3.17. The van der Waals surface area contributed by atoms with Crippen molar-refractivity contribution in [3.8, 4) is 5.75 Å². The topological polar surface area (TPSA) is 38.3 Å². The molecule has 0 aromatic heterocycles. The minimum Gasteiger partial charge on any atom is -0.496 e. The zero-order valence-corrected chi connectivity index (χ0v) is 15.3. The Hall–Kier alpha value is -2.29. The highest BCUT2D eigenvalue weighted by Crippen LogP contribution is 2.22. The van der Waals surface area contributed by atoms with Crippen molar-refractivity contribution in [2.75, 3.05) is 7.11 Å². The second-order valence-electron chi connectivity index (χ2n) is 6.37. The molecule has 2 aromatic carbocycles. The van der Waals surface area contributed by atoms with E-state index in [9.17, 15) is 4.79 Å². The molecule has 1 atom stereocenters. The molecule has 0 aliphatic rings. The summed E-state index contributed by atoms with van der Waals surface area (Å²) in [6, 6.07) is 12.3. The van der Waals surface area contributed by atoms with Gasteiger partial charge in [-0.05, 0) is 55.5 Å². The zero-order chi connectivity index (χ0) is 17.7. The summed E-state index contributed by atoms with van der Waals surface area (Å²) in [5.41, 5.74) is 5.71. The van der Waals surface area contributed by atoms with Crippen LogP contribution >= 0.6 is 0 Å². The molecular weight excluding hydrogens is 298 g/mol. The molecule has 0 saturated carbocycles. The summed E-state index contributed by atoms with van der Waals surface area (Å²) in [6.07, 6.45) is 1.25. The molecule has 24 heavy (non-hydrogen) atoms. The number of rotatable bonds is 6. The molecule has 0 radical (unpaired) electrons. The largest absolute Gasteiger partial charge is 0.496 e. The molecule has 128 valence electrons. The predicted molar refractivity (Wildman–Crippen MR) is 98.5 cm³/mol. The highest BCUT2D eigenvalue weighted by atomic mass is 16.5. The SMILES string of the molecule is CC[C@@H](NC(=O)Cc1ccc(OC)c(C)c1)c1ccc(C)cc1C. The van der Waals surface area contributed by atoms with E-state index in [1.807, 2.05) is 25.1 Å². The molecule has 0 aliphatic heterocycles. The van der Waals surface area contributed by atoms with Crippen LogP contribution in [-0.4, -0.2) is 13.0 Å². The van der Waals surface area contributed by atoms with Crippen LogP contribution in [0.1, 0.15) is 47.2 Å². The third-order valence-electron chi connectivity index (χ3n) is 4.37. The Morgan fingerprint density at radius 3 is 2.42 bits per heavy atom. The van der Waals surface area contributed by atoms with E-state index in [0.717, 1.165) is 23.3 Å². The van der Waals surface area contributed by atoms with E-state index in [1.165, 1.54) is 16.7 Å². The van der Waals surface area contributed by atoms with Crippen molar-refractivity contribution < 1.29 is 9.53 Å². The van der Waals surface area contributed by atoms with Crippen LogP contribution in [0.3, 0.4) is 0 Å². The van der Waals surface area contributed by atoms with E-state index in [-0.39, 0.29) is 11.9 Å². The van der Waals surface area contributed by atoms with Crippen LogP contribution < -0.4 is 10.1 Å². The first-order valence-electron chi connectivity index (χ1n) is 8.44. The van der Waals surface area contributed by atoms with Crippen LogP contribution in [0.5, 0.6) is 5.75 Å². The number of carbonyl (C=O) groups is 1. The van der Waals surface area contributed by atoms with Crippen molar-refractivity contribution in [2.24, 2.45) is 0 Å². The Kier molecular flexibility index (Phi) is 6.02. The van der Waals surface area contributed by atoms with Crippen LogP contribution in [0.15, 0.2) is 36.4 Å². The molecule has 1 amide bonds. The molecule has 2 rings (SSSR count). The molecular formula is C21H27NO2. The maximum Gasteiger partial charge on any atom is 0.224 e. The molecule has 0 saturated heterocycles. The molecule has 0 heterocycles. The number of nitrogens with one attached hydrogen (secondary N) is 1. The van der Waals surface area contributed by atoms with E-state index in [2.05, 4.69) is 44.3 Å². The highest BCUT2D eigenvalue weighted by molar-refractivity contribution is 5.79. The number of hydrogen-bond acceptors (Lipinski definition) is 2. The first kappa shape index (κ1) is 18.1. The lowest BCUT2D eigenvalue weighted by Crippen LogP contribution is -2.30. The van der Waals surface area contributed by atoms with Crippen LogP contribution in [-0.2, 0) is 11.2 Å². The van der Waals surface area contributed by atoms with Gasteiger partial charge in [0.1, 0.15) is 5.75 Å². The number of ether oxygens (including phenoxy) is 1. The van der Waals surface area contributed by atoms with Gasteiger partial charge in [0, 0.05) is 0 Å². The average Bonchev–Trinajstić information content (AvgIpc) is 2.53. The molecule has 0 aliphatic carbocycles. The third kappa shape index (κ3) is 4.38. The summed E-state index contributed by atoms with van der Waals surface area (Å²) >= 11 is 0. The van der Waals surface area contributed by atoms with E-state index >= 15 is 0 Å². The standard InChI is InChI=1S/C21H27NO2/c1-6-19(18-9-7-14(2)11-15(18)3)22-21(23)13-17-8-10-20(24-5)16(4)12-17/h7-12,19H,6,13H2,1-5H3,(H,22,23)/t19-/m1/s1. The third-order valence-corrected chi connectivity index (χ3v) is 4.37. The lowest BCUT2D eigenvalue weighted by Gasteiger charge is -2.20.